The zero-order valence-corrected chi connectivity index (χ0v) is 12.1. The molecule has 1 heterocycles. The molecular formula is C14H25NO2. The largest absolute Gasteiger partial charge is 0.285 e. The Kier molecular flexibility index (Phi) is 3.43. The predicted octanol–water partition coefficient (Wildman–Crippen LogP) is 2.70. The van der Waals surface area contributed by atoms with Crippen LogP contribution in [0, 0.1) is 22.7 Å². The van der Waals surface area contributed by atoms with Gasteiger partial charge >= 0.3 is 0 Å². The SMILES string of the molecule is CCC1C(=O)N(C)C(=O)C1C(C)(C)C(C)(C)C. The van der Waals surface area contributed by atoms with Crippen LogP contribution in [-0.4, -0.2) is 23.8 Å². The van der Waals surface area contributed by atoms with Crippen LogP contribution in [0.15, 0.2) is 0 Å². The lowest BCUT2D eigenvalue weighted by molar-refractivity contribution is -0.140. The van der Waals surface area contributed by atoms with Gasteiger partial charge in [0.2, 0.25) is 11.8 Å². The molecule has 0 aromatic carbocycles. The molecule has 0 bridgehead atoms. The molecule has 1 aliphatic rings. The Morgan fingerprint density at radius 3 is 1.88 bits per heavy atom. The highest BCUT2D eigenvalue weighted by molar-refractivity contribution is 6.05. The van der Waals surface area contributed by atoms with Crippen molar-refractivity contribution < 1.29 is 9.59 Å². The molecule has 17 heavy (non-hydrogen) atoms. The molecule has 0 radical (unpaired) electrons. The summed E-state index contributed by atoms with van der Waals surface area (Å²) < 4.78 is 0. The minimum atomic E-state index is -0.190. The highest BCUT2D eigenvalue weighted by Crippen LogP contribution is 2.50. The van der Waals surface area contributed by atoms with Gasteiger partial charge in [0.25, 0.3) is 0 Å². The van der Waals surface area contributed by atoms with Crippen LogP contribution in [0.4, 0.5) is 0 Å². The van der Waals surface area contributed by atoms with E-state index < -0.39 is 0 Å². The molecule has 0 aromatic heterocycles. The van der Waals surface area contributed by atoms with Crippen LogP contribution in [0.3, 0.4) is 0 Å². The third-order valence-corrected chi connectivity index (χ3v) is 4.80. The third-order valence-electron chi connectivity index (χ3n) is 4.80. The summed E-state index contributed by atoms with van der Waals surface area (Å²) in [5, 5.41) is 0. The maximum Gasteiger partial charge on any atom is 0.233 e. The standard InChI is InChI=1S/C14H25NO2/c1-8-9-10(12(17)15(7)11(9)16)14(5,6)13(2,3)4/h9-10H,8H2,1-7H3. The van der Waals surface area contributed by atoms with Gasteiger partial charge in [-0.05, 0) is 17.3 Å². The zero-order valence-electron chi connectivity index (χ0n) is 12.1. The summed E-state index contributed by atoms with van der Waals surface area (Å²) in [4.78, 5) is 25.6. The van der Waals surface area contributed by atoms with E-state index in [1.807, 2.05) is 6.92 Å². The Morgan fingerprint density at radius 1 is 1.06 bits per heavy atom. The Morgan fingerprint density at radius 2 is 1.53 bits per heavy atom. The summed E-state index contributed by atoms with van der Waals surface area (Å²) >= 11 is 0. The molecule has 98 valence electrons. The summed E-state index contributed by atoms with van der Waals surface area (Å²) in [5.74, 6) is -0.367. The zero-order chi connectivity index (χ0) is 13.6. The van der Waals surface area contributed by atoms with Gasteiger partial charge in [-0.2, -0.15) is 0 Å². The summed E-state index contributed by atoms with van der Waals surface area (Å²) in [6.07, 6.45) is 0.735. The molecule has 1 saturated heterocycles. The molecule has 3 heteroatoms. The summed E-state index contributed by atoms with van der Waals surface area (Å²) in [6.45, 7) is 12.6. The number of nitrogens with zero attached hydrogens (tertiary/aromatic N) is 1. The quantitative estimate of drug-likeness (QED) is 0.695. The molecule has 2 amide bonds. The second-order valence-corrected chi connectivity index (χ2v) is 6.70. The van der Waals surface area contributed by atoms with Crippen LogP contribution in [-0.2, 0) is 9.59 Å². The second kappa shape index (κ2) is 4.11. The summed E-state index contributed by atoms with van der Waals surface area (Å²) in [6, 6.07) is 0. The van der Waals surface area contributed by atoms with Gasteiger partial charge in [-0.25, -0.2) is 0 Å². The van der Waals surface area contributed by atoms with Crippen molar-refractivity contribution in [2.45, 2.75) is 48.0 Å². The lowest BCUT2D eigenvalue weighted by atomic mass is 9.59. The van der Waals surface area contributed by atoms with Crippen LogP contribution >= 0.6 is 0 Å². The van der Waals surface area contributed by atoms with E-state index >= 15 is 0 Å². The fourth-order valence-corrected chi connectivity index (χ4v) is 2.57. The molecule has 0 saturated carbocycles. The monoisotopic (exact) mass is 239 g/mol. The fraction of sp³-hybridized carbons (Fsp3) is 0.857. The number of carbonyl (C=O) groups is 2. The van der Waals surface area contributed by atoms with Gasteiger partial charge in [-0.1, -0.05) is 41.5 Å². The molecule has 0 aromatic rings. The van der Waals surface area contributed by atoms with Crippen molar-refractivity contribution in [2.24, 2.45) is 22.7 Å². The normalized spacial score (nSPS) is 26.9. The van der Waals surface area contributed by atoms with Crippen molar-refractivity contribution in [3.8, 4) is 0 Å². The molecule has 1 fully saturated rings. The molecule has 1 rings (SSSR count). The van der Waals surface area contributed by atoms with Gasteiger partial charge in [-0.15, -0.1) is 0 Å². The van der Waals surface area contributed by atoms with Crippen molar-refractivity contribution >= 4 is 11.8 Å². The molecule has 3 nitrogen and oxygen atoms in total. The van der Waals surface area contributed by atoms with E-state index in [4.69, 9.17) is 0 Å². The first kappa shape index (κ1) is 14.2. The Labute approximate surface area is 105 Å². The van der Waals surface area contributed by atoms with Gasteiger partial charge in [0.05, 0.1) is 11.8 Å². The molecule has 0 aliphatic carbocycles. The highest BCUT2D eigenvalue weighted by atomic mass is 16.2. The first-order chi connectivity index (χ1) is 7.55. The van der Waals surface area contributed by atoms with Gasteiger partial charge in [-0.3, -0.25) is 14.5 Å². The first-order valence-electron chi connectivity index (χ1n) is 6.37. The molecular weight excluding hydrogens is 214 g/mol. The number of likely N-dealkylation sites (tertiary alicyclic amines) is 1. The van der Waals surface area contributed by atoms with Gasteiger partial charge in [0.15, 0.2) is 0 Å². The van der Waals surface area contributed by atoms with E-state index in [9.17, 15) is 9.59 Å². The van der Waals surface area contributed by atoms with Crippen molar-refractivity contribution in [3.63, 3.8) is 0 Å². The number of hydrogen-bond donors (Lipinski definition) is 0. The average Bonchev–Trinajstić information content (AvgIpc) is 2.40. The van der Waals surface area contributed by atoms with E-state index in [0.29, 0.717) is 0 Å². The van der Waals surface area contributed by atoms with Crippen LogP contribution < -0.4 is 0 Å². The molecule has 0 N–H and O–H groups in total. The number of amides is 2. The summed E-state index contributed by atoms with van der Waals surface area (Å²) in [5.41, 5.74) is -0.197. The molecule has 2 unspecified atom stereocenters. The van der Waals surface area contributed by atoms with E-state index in [2.05, 4.69) is 34.6 Å². The fourth-order valence-electron chi connectivity index (χ4n) is 2.57. The van der Waals surface area contributed by atoms with Crippen LogP contribution in [0.25, 0.3) is 0 Å². The van der Waals surface area contributed by atoms with Crippen molar-refractivity contribution in [2.75, 3.05) is 7.05 Å². The Bertz CT molecular complexity index is 339. The molecule has 0 spiro atoms. The predicted molar refractivity (Wildman–Crippen MR) is 68.3 cm³/mol. The minimum Gasteiger partial charge on any atom is -0.285 e. The van der Waals surface area contributed by atoms with E-state index in [-0.39, 0.29) is 34.5 Å². The first-order valence-corrected chi connectivity index (χ1v) is 6.37. The molecule has 1 aliphatic heterocycles. The maximum absolute atomic E-state index is 12.3. The van der Waals surface area contributed by atoms with Crippen LogP contribution in [0.5, 0.6) is 0 Å². The maximum atomic E-state index is 12.3. The van der Waals surface area contributed by atoms with E-state index in [0.717, 1.165) is 6.42 Å². The molecule has 2 atom stereocenters. The lowest BCUT2D eigenvalue weighted by Gasteiger charge is -2.44. The van der Waals surface area contributed by atoms with Crippen molar-refractivity contribution in [1.82, 2.24) is 4.90 Å². The van der Waals surface area contributed by atoms with Crippen LogP contribution in [0.1, 0.15) is 48.0 Å². The van der Waals surface area contributed by atoms with Gasteiger partial charge < -0.3 is 0 Å². The summed E-state index contributed by atoms with van der Waals surface area (Å²) in [7, 11) is 1.60. The number of carbonyl (C=O) groups excluding carboxylic acids is 2. The van der Waals surface area contributed by atoms with Crippen LogP contribution in [0.2, 0.25) is 0 Å². The Balaban J connectivity index is 3.21. The van der Waals surface area contributed by atoms with Gasteiger partial charge in [0, 0.05) is 7.05 Å². The van der Waals surface area contributed by atoms with Crippen molar-refractivity contribution in [3.05, 3.63) is 0 Å². The number of hydrogen-bond acceptors (Lipinski definition) is 2. The number of rotatable bonds is 2. The second-order valence-electron chi connectivity index (χ2n) is 6.70. The highest BCUT2D eigenvalue weighted by Gasteiger charge is 2.55. The van der Waals surface area contributed by atoms with E-state index in [1.165, 1.54) is 4.90 Å². The van der Waals surface area contributed by atoms with Gasteiger partial charge in [0.1, 0.15) is 0 Å². The number of imide groups is 1. The van der Waals surface area contributed by atoms with Crippen molar-refractivity contribution in [1.29, 1.82) is 0 Å². The average molecular weight is 239 g/mol. The topological polar surface area (TPSA) is 37.4 Å². The minimum absolute atomic E-state index is 0.00773. The lowest BCUT2D eigenvalue weighted by Crippen LogP contribution is -2.43. The third kappa shape index (κ3) is 2.00. The van der Waals surface area contributed by atoms with E-state index in [1.54, 1.807) is 7.05 Å². The smallest absolute Gasteiger partial charge is 0.233 e. The Hall–Kier alpha value is -0.860.